The Morgan fingerprint density at radius 2 is 2.00 bits per heavy atom. The summed E-state index contributed by atoms with van der Waals surface area (Å²) >= 11 is 11.3. The predicted octanol–water partition coefficient (Wildman–Crippen LogP) is 1.98. The van der Waals surface area contributed by atoms with Crippen LogP contribution in [0.25, 0.3) is 0 Å². The second-order valence-electron chi connectivity index (χ2n) is 3.18. The molecule has 1 N–H and O–H groups in total. The molecule has 0 aliphatic rings. The fraction of sp³-hybridized carbons (Fsp3) is 0.333. The first-order valence-corrected chi connectivity index (χ1v) is 6.86. The second-order valence-corrected chi connectivity index (χ2v) is 6.51. The van der Waals surface area contributed by atoms with E-state index in [0.717, 1.165) is 6.26 Å². The molecule has 6 heteroatoms. The predicted molar refractivity (Wildman–Crippen MR) is 60.9 cm³/mol. The molecule has 0 aliphatic carbocycles. The standard InChI is InChI=1S/C9H10Cl2O3S/c1-15(13,14)9(11)8(12)6-3-2-4-7(10)5-6/h2-5,8-9,12H,1H3/t8-,9+/m0/s1. The molecule has 84 valence electrons. The highest BCUT2D eigenvalue weighted by Crippen LogP contribution is 2.26. The van der Waals surface area contributed by atoms with Crippen LogP contribution >= 0.6 is 23.2 Å². The number of sulfone groups is 1. The number of alkyl halides is 1. The Morgan fingerprint density at radius 1 is 1.40 bits per heavy atom. The lowest BCUT2D eigenvalue weighted by molar-refractivity contribution is 0.192. The van der Waals surface area contributed by atoms with Crippen LogP contribution in [0.5, 0.6) is 0 Å². The molecule has 1 aromatic rings. The molecule has 0 unspecified atom stereocenters. The SMILES string of the molecule is CS(=O)(=O)[C@@H](Cl)[C@@H](O)c1cccc(Cl)c1. The Kier molecular flexibility index (Phi) is 4.00. The van der Waals surface area contributed by atoms with E-state index in [1.807, 2.05) is 0 Å². The summed E-state index contributed by atoms with van der Waals surface area (Å²) < 4.78 is 20.8. The van der Waals surface area contributed by atoms with E-state index in [1.54, 1.807) is 18.2 Å². The minimum atomic E-state index is -3.49. The molecule has 0 aliphatic heterocycles. The molecule has 0 saturated carbocycles. The maximum Gasteiger partial charge on any atom is 0.167 e. The molecule has 0 saturated heterocycles. The van der Waals surface area contributed by atoms with Crippen LogP contribution in [0.3, 0.4) is 0 Å². The van der Waals surface area contributed by atoms with Crippen molar-refractivity contribution in [1.82, 2.24) is 0 Å². The van der Waals surface area contributed by atoms with E-state index in [2.05, 4.69) is 0 Å². The number of benzene rings is 1. The molecule has 0 bridgehead atoms. The third-order valence-electron chi connectivity index (χ3n) is 1.85. The molecule has 1 aromatic carbocycles. The average molecular weight is 269 g/mol. The number of rotatable bonds is 3. The van der Waals surface area contributed by atoms with Gasteiger partial charge in [-0.15, -0.1) is 11.6 Å². The minimum absolute atomic E-state index is 0.382. The maximum absolute atomic E-state index is 11.1. The Morgan fingerprint density at radius 3 is 2.47 bits per heavy atom. The van der Waals surface area contributed by atoms with Crippen molar-refractivity contribution in [3.05, 3.63) is 34.9 Å². The Bertz CT molecular complexity index is 444. The molecule has 0 radical (unpaired) electrons. The van der Waals surface area contributed by atoms with Crippen LogP contribution in [-0.4, -0.2) is 24.5 Å². The average Bonchev–Trinajstić information content (AvgIpc) is 2.14. The fourth-order valence-corrected chi connectivity index (χ4v) is 2.05. The van der Waals surface area contributed by atoms with E-state index < -0.39 is 20.7 Å². The van der Waals surface area contributed by atoms with Crippen molar-refractivity contribution in [3.63, 3.8) is 0 Å². The highest BCUT2D eigenvalue weighted by Gasteiger charge is 2.27. The molecule has 0 aromatic heterocycles. The van der Waals surface area contributed by atoms with Gasteiger partial charge in [0, 0.05) is 11.3 Å². The summed E-state index contributed by atoms with van der Waals surface area (Å²) in [5.41, 5.74) is 0.382. The van der Waals surface area contributed by atoms with E-state index in [4.69, 9.17) is 23.2 Å². The van der Waals surface area contributed by atoms with E-state index in [1.165, 1.54) is 6.07 Å². The largest absolute Gasteiger partial charge is 0.386 e. The second kappa shape index (κ2) is 4.70. The van der Waals surface area contributed by atoms with Crippen LogP contribution in [0, 0.1) is 0 Å². The summed E-state index contributed by atoms with van der Waals surface area (Å²) in [7, 11) is -3.49. The van der Waals surface area contributed by atoms with Gasteiger partial charge in [-0.2, -0.15) is 0 Å². The lowest BCUT2D eigenvalue weighted by Crippen LogP contribution is -2.21. The van der Waals surface area contributed by atoms with Gasteiger partial charge in [-0.3, -0.25) is 0 Å². The monoisotopic (exact) mass is 268 g/mol. The normalized spacial score (nSPS) is 16.0. The molecule has 0 amide bonds. The van der Waals surface area contributed by atoms with Crippen molar-refractivity contribution in [2.45, 2.75) is 10.8 Å². The molecule has 0 fully saturated rings. The third kappa shape index (κ3) is 3.34. The van der Waals surface area contributed by atoms with Crippen molar-refractivity contribution in [2.75, 3.05) is 6.26 Å². The lowest BCUT2D eigenvalue weighted by atomic mass is 10.1. The van der Waals surface area contributed by atoms with Crippen LogP contribution in [-0.2, 0) is 9.84 Å². The zero-order valence-corrected chi connectivity index (χ0v) is 10.2. The molecule has 0 spiro atoms. The summed E-state index contributed by atoms with van der Waals surface area (Å²) in [6.07, 6.45) is -0.307. The number of hydrogen-bond donors (Lipinski definition) is 1. The smallest absolute Gasteiger partial charge is 0.167 e. The summed E-state index contributed by atoms with van der Waals surface area (Å²) in [5, 5.41) is 10.1. The van der Waals surface area contributed by atoms with Gasteiger partial charge >= 0.3 is 0 Å². The first kappa shape index (κ1) is 12.8. The summed E-state index contributed by atoms with van der Waals surface area (Å²) in [4.78, 5) is 0. The zero-order chi connectivity index (χ0) is 11.6. The molecule has 1 rings (SSSR count). The Hall–Kier alpha value is -0.290. The number of halogens is 2. The number of hydrogen-bond acceptors (Lipinski definition) is 3. The molecule has 3 nitrogen and oxygen atoms in total. The number of aliphatic hydroxyl groups is 1. The molecular weight excluding hydrogens is 259 g/mol. The summed E-state index contributed by atoms with van der Waals surface area (Å²) in [5.74, 6) is 0. The van der Waals surface area contributed by atoms with Crippen molar-refractivity contribution in [3.8, 4) is 0 Å². The van der Waals surface area contributed by atoms with E-state index in [0.29, 0.717) is 10.6 Å². The van der Waals surface area contributed by atoms with Gasteiger partial charge in [0.15, 0.2) is 14.5 Å². The molecule has 2 atom stereocenters. The zero-order valence-electron chi connectivity index (χ0n) is 7.89. The van der Waals surface area contributed by atoms with Gasteiger partial charge in [0.2, 0.25) is 0 Å². The van der Waals surface area contributed by atoms with E-state index in [9.17, 15) is 13.5 Å². The maximum atomic E-state index is 11.1. The molecule has 15 heavy (non-hydrogen) atoms. The minimum Gasteiger partial charge on any atom is -0.386 e. The third-order valence-corrected chi connectivity index (χ3v) is 4.37. The molecule has 0 heterocycles. The van der Waals surface area contributed by atoms with Crippen molar-refractivity contribution >= 4 is 33.0 Å². The van der Waals surface area contributed by atoms with Gasteiger partial charge in [0.1, 0.15) is 6.10 Å². The lowest BCUT2D eigenvalue weighted by Gasteiger charge is -2.15. The summed E-state index contributed by atoms with van der Waals surface area (Å²) in [6, 6.07) is 6.29. The van der Waals surface area contributed by atoms with Crippen molar-refractivity contribution < 1.29 is 13.5 Å². The summed E-state index contributed by atoms with van der Waals surface area (Å²) in [6.45, 7) is 0. The van der Waals surface area contributed by atoms with E-state index in [-0.39, 0.29) is 0 Å². The van der Waals surface area contributed by atoms with Crippen LogP contribution in [0.1, 0.15) is 11.7 Å². The van der Waals surface area contributed by atoms with Crippen LogP contribution < -0.4 is 0 Å². The molecular formula is C9H10Cl2O3S. The van der Waals surface area contributed by atoms with Gasteiger partial charge in [-0.25, -0.2) is 8.42 Å². The highest BCUT2D eigenvalue weighted by atomic mass is 35.5. The van der Waals surface area contributed by atoms with Gasteiger partial charge in [-0.1, -0.05) is 23.7 Å². The van der Waals surface area contributed by atoms with Gasteiger partial charge in [0.05, 0.1) is 0 Å². The van der Waals surface area contributed by atoms with Gasteiger partial charge < -0.3 is 5.11 Å². The fourth-order valence-electron chi connectivity index (χ4n) is 1.08. The van der Waals surface area contributed by atoms with Gasteiger partial charge in [0.25, 0.3) is 0 Å². The van der Waals surface area contributed by atoms with Crippen LogP contribution in [0.15, 0.2) is 24.3 Å². The van der Waals surface area contributed by atoms with Gasteiger partial charge in [-0.05, 0) is 17.7 Å². The first-order valence-electron chi connectivity index (χ1n) is 4.09. The van der Waals surface area contributed by atoms with Crippen LogP contribution in [0.4, 0.5) is 0 Å². The van der Waals surface area contributed by atoms with Crippen molar-refractivity contribution in [2.24, 2.45) is 0 Å². The quantitative estimate of drug-likeness (QED) is 0.854. The first-order chi connectivity index (χ1) is 6.82. The topological polar surface area (TPSA) is 54.4 Å². The number of aliphatic hydroxyl groups excluding tert-OH is 1. The highest BCUT2D eigenvalue weighted by molar-refractivity contribution is 7.92. The van der Waals surface area contributed by atoms with Crippen molar-refractivity contribution in [1.29, 1.82) is 0 Å². The van der Waals surface area contributed by atoms with Crippen LogP contribution in [0.2, 0.25) is 5.02 Å². The Labute approximate surface area is 98.6 Å². The Balaban J connectivity index is 3.00. The van der Waals surface area contributed by atoms with E-state index >= 15 is 0 Å².